The van der Waals surface area contributed by atoms with Crippen LogP contribution < -0.4 is 0 Å². The van der Waals surface area contributed by atoms with Crippen molar-refractivity contribution in [3.05, 3.63) is 145 Å². The molecule has 0 spiro atoms. The van der Waals surface area contributed by atoms with Crippen LogP contribution in [0.1, 0.15) is 25.0 Å². The minimum absolute atomic E-state index is 0.0530. The molecule has 1 aliphatic rings. The van der Waals surface area contributed by atoms with E-state index in [1.165, 1.54) is 71.4 Å². The van der Waals surface area contributed by atoms with E-state index in [2.05, 4.69) is 147 Å². The lowest BCUT2D eigenvalue weighted by Gasteiger charge is -2.21. The van der Waals surface area contributed by atoms with Gasteiger partial charge in [0.25, 0.3) is 0 Å². The van der Waals surface area contributed by atoms with Crippen LogP contribution in [0, 0.1) is 0 Å². The zero-order valence-electron chi connectivity index (χ0n) is 23.6. The number of furan rings is 1. The zero-order chi connectivity index (χ0) is 28.0. The first-order valence-corrected chi connectivity index (χ1v) is 14.7. The summed E-state index contributed by atoms with van der Waals surface area (Å²) in [4.78, 5) is 0. The molecule has 8 aromatic rings. The first kappa shape index (κ1) is 23.6. The van der Waals surface area contributed by atoms with Gasteiger partial charge in [0.1, 0.15) is 11.2 Å². The number of hydrogen-bond acceptors (Lipinski definition) is 1. The third-order valence-electron chi connectivity index (χ3n) is 9.46. The third kappa shape index (κ3) is 3.14. The molecule has 0 saturated carbocycles. The van der Waals surface area contributed by atoms with Gasteiger partial charge in [0.05, 0.1) is 0 Å². The van der Waals surface area contributed by atoms with Crippen LogP contribution in [0.3, 0.4) is 0 Å². The van der Waals surface area contributed by atoms with Crippen LogP contribution in [-0.4, -0.2) is 0 Å². The maximum absolute atomic E-state index is 6.51. The van der Waals surface area contributed by atoms with Crippen molar-refractivity contribution in [1.29, 1.82) is 0 Å². The summed E-state index contributed by atoms with van der Waals surface area (Å²) in [7, 11) is 0. The zero-order valence-corrected chi connectivity index (χ0v) is 23.6. The Hall–Kier alpha value is -5.14. The fourth-order valence-electron chi connectivity index (χ4n) is 7.48. The number of hydrogen-bond donors (Lipinski definition) is 0. The largest absolute Gasteiger partial charge is 0.456 e. The van der Waals surface area contributed by atoms with E-state index in [0.29, 0.717) is 0 Å². The van der Waals surface area contributed by atoms with Crippen molar-refractivity contribution in [1.82, 2.24) is 0 Å². The van der Waals surface area contributed by atoms with Gasteiger partial charge in [-0.05, 0) is 90.3 Å². The molecule has 0 radical (unpaired) electrons. The van der Waals surface area contributed by atoms with Crippen molar-refractivity contribution >= 4 is 43.5 Å². The third-order valence-corrected chi connectivity index (χ3v) is 9.46. The van der Waals surface area contributed by atoms with Gasteiger partial charge in [-0.15, -0.1) is 0 Å². The predicted octanol–water partition coefficient (Wildman–Crippen LogP) is 11.5. The topological polar surface area (TPSA) is 13.1 Å². The van der Waals surface area contributed by atoms with E-state index in [0.717, 1.165) is 16.6 Å². The molecule has 0 atom stereocenters. The van der Waals surface area contributed by atoms with Gasteiger partial charge in [-0.2, -0.15) is 0 Å². The van der Waals surface area contributed by atoms with Gasteiger partial charge in [0, 0.05) is 16.2 Å². The molecule has 0 aliphatic heterocycles. The number of benzene rings is 7. The van der Waals surface area contributed by atoms with E-state index in [4.69, 9.17) is 4.42 Å². The standard InChI is InChI=1S/C41H28O/c1-41(2)35-19-11-10-14-27(35)32-23-34-33-22-26(20-21-37(33)42-38(34)24-36(32)41)40-30-17-8-6-15-28(30)39(25-12-4-3-5-13-25)29-16-7-9-18-31(29)40/h3-24H,1-2H3. The quantitative estimate of drug-likeness (QED) is 0.200. The molecule has 0 N–H and O–H groups in total. The van der Waals surface area contributed by atoms with Gasteiger partial charge >= 0.3 is 0 Å². The Balaban J connectivity index is 1.34. The summed E-state index contributed by atoms with van der Waals surface area (Å²) in [5.41, 5.74) is 12.2. The molecule has 198 valence electrons. The highest BCUT2D eigenvalue weighted by molar-refractivity contribution is 6.22. The Kier molecular flexibility index (Phi) is 4.73. The van der Waals surface area contributed by atoms with Crippen molar-refractivity contribution in [3.8, 4) is 33.4 Å². The van der Waals surface area contributed by atoms with Crippen LogP contribution in [0.15, 0.2) is 138 Å². The summed E-state index contributed by atoms with van der Waals surface area (Å²) < 4.78 is 6.51. The molecule has 0 amide bonds. The van der Waals surface area contributed by atoms with Gasteiger partial charge in [-0.3, -0.25) is 0 Å². The molecular weight excluding hydrogens is 508 g/mol. The highest BCUT2D eigenvalue weighted by Gasteiger charge is 2.36. The molecule has 1 nitrogen and oxygen atoms in total. The molecule has 7 aromatic carbocycles. The van der Waals surface area contributed by atoms with Crippen LogP contribution in [0.25, 0.3) is 76.9 Å². The molecule has 9 rings (SSSR count). The second kappa shape index (κ2) is 8.44. The van der Waals surface area contributed by atoms with Crippen molar-refractivity contribution in [2.75, 3.05) is 0 Å². The Morgan fingerprint density at radius 2 is 0.976 bits per heavy atom. The normalized spacial score (nSPS) is 13.7. The second-order valence-corrected chi connectivity index (χ2v) is 12.1. The molecule has 1 aromatic heterocycles. The lowest BCUT2D eigenvalue weighted by atomic mass is 9.82. The van der Waals surface area contributed by atoms with Crippen molar-refractivity contribution in [2.45, 2.75) is 19.3 Å². The molecule has 1 heteroatoms. The summed E-state index contributed by atoms with van der Waals surface area (Å²) in [6.07, 6.45) is 0. The first-order chi connectivity index (χ1) is 20.6. The van der Waals surface area contributed by atoms with E-state index in [1.807, 2.05) is 0 Å². The van der Waals surface area contributed by atoms with Crippen LogP contribution in [-0.2, 0) is 5.41 Å². The Labute approximate surface area is 244 Å². The summed E-state index contributed by atoms with van der Waals surface area (Å²) in [6.45, 7) is 4.64. The summed E-state index contributed by atoms with van der Waals surface area (Å²) in [5.74, 6) is 0. The summed E-state index contributed by atoms with van der Waals surface area (Å²) in [6, 6.07) is 48.7. The van der Waals surface area contributed by atoms with E-state index in [1.54, 1.807) is 0 Å². The molecule has 0 unspecified atom stereocenters. The van der Waals surface area contributed by atoms with Crippen LogP contribution in [0.2, 0.25) is 0 Å². The Bertz CT molecular complexity index is 2310. The SMILES string of the molecule is CC1(C)c2ccccc2-c2cc3c(cc21)oc1ccc(-c2c4ccccc4c(-c4ccccc4)c4ccccc24)cc13. The fraction of sp³-hybridized carbons (Fsp3) is 0.0732. The minimum atomic E-state index is -0.0530. The molecule has 42 heavy (non-hydrogen) atoms. The lowest BCUT2D eigenvalue weighted by molar-refractivity contribution is 0.647. The average molecular weight is 537 g/mol. The average Bonchev–Trinajstić information content (AvgIpc) is 3.50. The van der Waals surface area contributed by atoms with Gasteiger partial charge < -0.3 is 4.42 Å². The van der Waals surface area contributed by atoms with Crippen molar-refractivity contribution in [2.24, 2.45) is 0 Å². The highest BCUT2D eigenvalue weighted by Crippen LogP contribution is 2.51. The summed E-state index contributed by atoms with van der Waals surface area (Å²) >= 11 is 0. The fourth-order valence-corrected chi connectivity index (χ4v) is 7.48. The highest BCUT2D eigenvalue weighted by atomic mass is 16.3. The molecule has 0 fully saturated rings. The monoisotopic (exact) mass is 536 g/mol. The van der Waals surface area contributed by atoms with E-state index in [9.17, 15) is 0 Å². The van der Waals surface area contributed by atoms with Gasteiger partial charge in [-0.25, -0.2) is 0 Å². The minimum Gasteiger partial charge on any atom is -0.456 e. The van der Waals surface area contributed by atoms with Crippen molar-refractivity contribution < 1.29 is 4.42 Å². The van der Waals surface area contributed by atoms with Crippen LogP contribution in [0.4, 0.5) is 0 Å². The molecular formula is C41H28O. The second-order valence-electron chi connectivity index (χ2n) is 12.1. The molecule has 0 bridgehead atoms. The smallest absolute Gasteiger partial charge is 0.135 e. The Morgan fingerprint density at radius 1 is 0.405 bits per heavy atom. The molecule has 1 heterocycles. The van der Waals surface area contributed by atoms with Crippen LogP contribution in [0.5, 0.6) is 0 Å². The van der Waals surface area contributed by atoms with Gasteiger partial charge in [0.2, 0.25) is 0 Å². The maximum Gasteiger partial charge on any atom is 0.135 e. The van der Waals surface area contributed by atoms with Gasteiger partial charge in [0.15, 0.2) is 0 Å². The van der Waals surface area contributed by atoms with E-state index in [-0.39, 0.29) is 5.41 Å². The van der Waals surface area contributed by atoms with Crippen LogP contribution >= 0.6 is 0 Å². The Morgan fingerprint density at radius 3 is 1.67 bits per heavy atom. The lowest BCUT2D eigenvalue weighted by Crippen LogP contribution is -2.14. The maximum atomic E-state index is 6.51. The van der Waals surface area contributed by atoms with Crippen molar-refractivity contribution in [3.63, 3.8) is 0 Å². The summed E-state index contributed by atoms with van der Waals surface area (Å²) in [5, 5.41) is 7.40. The molecule has 0 saturated heterocycles. The predicted molar refractivity (Wildman–Crippen MR) is 177 cm³/mol. The van der Waals surface area contributed by atoms with E-state index < -0.39 is 0 Å². The molecule has 1 aliphatic carbocycles. The first-order valence-electron chi connectivity index (χ1n) is 14.7. The van der Waals surface area contributed by atoms with E-state index >= 15 is 0 Å². The van der Waals surface area contributed by atoms with Gasteiger partial charge in [-0.1, -0.05) is 123 Å². The number of rotatable bonds is 2. The number of fused-ring (bicyclic) bond motifs is 8.